The second kappa shape index (κ2) is 5.48. The highest BCUT2D eigenvalue weighted by Crippen LogP contribution is 2.31. The molecule has 5 nitrogen and oxygen atoms in total. The fraction of sp³-hybridized carbons (Fsp3) is 0.833. The Morgan fingerprint density at radius 2 is 2.22 bits per heavy atom. The largest absolute Gasteiger partial charge is 0.394 e. The molecule has 0 aromatic rings. The maximum Gasteiger partial charge on any atom is 0.279 e. The number of carbonyl (C=O) groups is 2. The molecule has 2 fully saturated rings. The molecule has 1 heterocycles. The molecule has 102 valence electrons. The van der Waals surface area contributed by atoms with Crippen LogP contribution in [0.5, 0.6) is 0 Å². The van der Waals surface area contributed by atoms with Crippen molar-refractivity contribution in [3.05, 3.63) is 0 Å². The quantitative estimate of drug-likeness (QED) is 0.712. The number of carbonyl (C=O) groups excluding carboxylic acids is 2. The number of aliphatic hydroxyl groups is 1. The Morgan fingerprint density at radius 1 is 1.56 bits per heavy atom. The monoisotopic (exact) mass is 272 g/mol. The highest BCUT2D eigenvalue weighted by atomic mass is 32.2. The van der Waals surface area contributed by atoms with Gasteiger partial charge in [0.2, 0.25) is 5.91 Å². The molecule has 1 atom stereocenters. The summed E-state index contributed by atoms with van der Waals surface area (Å²) >= 11 is 1.13. The van der Waals surface area contributed by atoms with Gasteiger partial charge in [0.15, 0.2) is 0 Å². The molecule has 0 radical (unpaired) electrons. The normalized spacial score (nSPS) is 36.2. The van der Waals surface area contributed by atoms with Crippen LogP contribution < -0.4 is 10.6 Å². The first kappa shape index (κ1) is 13.7. The first-order valence-electron chi connectivity index (χ1n) is 6.41. The van der Waals surface area contributed by atoms with Crippen molar-refractivity contribution in [3.8, 4) is 0 Å². The smallest absolute Gasteiger partial charge is 0.279 e. The van der Waals surface area contributed by atoms with Crippen molar-refractivity contribution in [2.75, 3.05) is 12.4 Å². The van der Waals surface area contributed by atoms with Crippen LogP contribution in [-0.4, -0.2) is 40.2 Å². The van der Waals surface area contributed by atoms with Gasteiger partial charge in [-0.05, 0) is 31.6 Å². The summed E-state index contributed by atoms with van der Waals surface area (Å²) in [5.74, 6) is 0.961. The molecule has 2 rings (SSSR count). The summed E-state index contributed by atoms with van der Waals surface area (Å²) in [5, 5.41) is 15.0. The zero-order valence-electron chi connectivity index (χ0n) is 10.6. The summed E-state index contributed by atoms with van der Waals surface area (Å²) in [6, 6.07) is -0.453. The summed E-state index contributed by atoms with van der Waals surface area (Å²) in [6.45, 7) is 2.16. The third kappa shape index (κ3) is 2.98. The molecule has 18 heavy (non-hydrogen) atoms. The van der Waals surface area contributed by atoms with E-state index in [0.29, 0.717) is 11.7 Å². The van der Waals surface area contributed by atoms with Gasteiger partial charge in [-0.2, -0.15) is 0 Å². The first-order chi connectivity index (χ1) is 8.54. The second-order valence-corrected chi connectivity index (χ2v) is 6.40. The molecule has 1 saturated carbocycles. The van der Waals surface area contributed by atoms with Crippen molar-refractivity contribution < 1.29 is 14.7 Å². The zero-order valence-corrected chi connectivity index (χ0v) is 11.4. The minimum atomic E-state index is -0.485. The van der Waals surface area contributed by atoms with Gasteiger partial charge in [0.25, 0.3) is 5.24 Å². The molecule has 1 aliphatic carbocycles. The van der Waals surface area contributed by atoms with Crippen LogP contribution in [0.4, 0.5) is 4.79 Å². The number of aliphatic hydroxyl groups excluding tert-OH is 1. The van der Waals surface area contributed by atoms with Crippen LogP contribution >= 0.6 is 11.8 Å². The standard InChI is InChI=1S/C12H20N2O3S/c1-8-2-4-12(7-15,5-3-8)14-10(16)9-6-18-11(17)13-9/h8-9,15H,2-7H2,1H3,(H,13,17)(H,14,16). The lowest BCUT2D eigenvalue weighted by molar-refractivity contribution is -0.125. The predicted molar refractivity (Wildman–Crippen MR) is 70.4 cm³/mol. The fourth-order valence-electron chi connectivity index (χ4n) is 2.51. The fourth-order valence-corrected chi connectivity index (χ4v) is 3.29. The SMILES string of the molecule is CC1CCC(CO)(NC(=O)C2CSC(=O)N2)CC1. The van der Waals surface area contributed by atoms with E-state index >= 15 is 0 Å². The molecule has 0 bridgehead atoms. The van der Waals surface area contributed by atoms with Gasteiger partial charge in [0.05, 0.1) is 12.1 Å². The Labute approximate surface area is 111 Å². The van der Waals surface area contributed by atoms with E-state index in [9.17, 15) is 14.7 Å². The Hall–Kier alpha value is -0.750. The van der Waals surface area contributed by atoms with Gasteiger partial charge in [-0.15, -0.1) is 0 Å². The van der Waals surface area contributed by atoms with E-state index in [0.717, 1.165) is 37.4 Å². The van der Waals surface area contributed by atoms with E-state index in [1.807, 2.05) is 0 Å². The number of amides is 2. The third-order valence-corrected chi connectivity index (χ3v) is 4.79. The maximum atomic E-state index is 12.1. The van der Waals surface area contributed by atoms with E-state index in [1.54, 1.807) is 0 Å². The summed E-state index contributed by atoms with van der Waals surface area (Å²) < 4.78 is 0. The van der Waals surface area contributed by atoms with Crippen LogP contribution in [0.25, 0.3) is 0 Å². The van der Waals surface area contributed by atoms with Gasteiger partial charge in [-0.25, -0.2) is 0 Å². The minimum Gasteiger partial charge on any atom is -0.394 e. The van der Waals surface area contributed by atoms with E-state index < -0.39 is 11.6 Å². The summed E-state index contributed by atoms with van der Waals surface area (Å²) in [6.07, 6.45) is 3.66. The molecular weight excluding hydrogens is 252 g/mol. The molecule has 3 N–H and O–H groups in total. The molecule has 1 unspecified atom stereocenters. The Morgan fingerprint density at radius 3 is 2.72 bits per heavy atom. The van der Waals surface area contributed by atoms with Crippen LogP contribution in [0.2, 0.25) is 0 Å². The lowest BCUT2D eigenvalue weighted by Gasteiger charge is -2.39. The number of hydrogen-bond donors (Lipinski definition) is 3. The van der Waals surface area contributed by atoms with Crippen LogP contribution in [0.15, 0.2) is 0 Å². The van der Waals surface area contributed by atoms with Crippen molar-refractivity contribution in [2.45, 2.75) is 44.2 Å². The number of nitrogens with one attached hydrogen (secondary N) is 2. The highest BCUT2D eigenvalue weighted by Gasteiger charge is 2.38. The lowest BCUT2D eigenvalue weighted by atomic mass is 9.77. The van der Waals surface area contributed by atoms with Crippen molar-refractivity contribution in [3.63, 3.8) is 0 Å². The van der Waals surface area contributed by atoms with E-state index in [4.69, 9.17) is 0 Å². The van der Waals surface area contributed by atoms with E-state index in [-0.39, 0.29) is 17.8 Å². The van der Waals surface area contributed by atoms with Crippen molar-refractivity contribution in [2.24, 2.45) is 5.92 Å². The molecule has 2 amide bonds. The number of thioether (sulfide) groups is 1. The number of rotatable bonds is 3. The molecule has 6 heteroatoms. The molecule has 1 aliphatic heterocycles. The third-order valence-electron chi connectivity index (χ3n) is 3.91. The molecule has 0 aromatic carbocycles. The second-order valence-electron chi connectivity index (χ2n) is 5.41. The van der Waals surface area contributed by atoms with Gasteiger partial charge >= 0.3 is 0 Å². The topological polar surface area (TPSA) is 78.4 Å². The zero-order chi connectivity index (χ0) is 13.2. The molecular formula is C12H20N2O3S. The average molecular weight is 272 g/mol. The van der Waals surface area contributed by atoms with E-state index in [2.05, 4.69) is 17.6 Å². The first-order valence-corrected chi connectivity index (χ1v) is 7.39. The van der Waals surface area contributed by atoms with Gasteiger partial charge in [-0.3, -0.25) is 9.59 Å². The summed E-state index contributed by atoms with van der Waals surface area (Å²) in [7, 11) is 0. The van der Waals surface area contributed by atoms with Crippen LogP contribution in [-0.2, 0) is 4.79 Å². The van der Waals surface area contributed by atoms with Crippen molar-refractivity contribution in [1.29, 1.82) is 0 Å². The maximum absolute atomic E-state index is 12.1. The molecule has 1 saturated heterocycles. The minimum absolute atomic E-state index is 0.0285. The summed E-state index contributed by atoms with van der Waals surface area (Å²) in [5.41, 5.74) is -0.485. The van der Waals surface area contributed by atoms with Gasteiger partial charge < -0.3 is 15.7 Å². The van der Waals surface area contributed by atoms with Gasteiger partial charge in [0, 0.05) is 5.75 Å². The van der Waals surface area contributed by atoms with Crippen molar-refractivity contribution in [1.82, 2.24) is 10.6 Å². The van der Waals surface area contributed by atoms with Gasteiger partial charge in [0.1, 0.15) is 6.04 Å². The van der Waals surface area contributed by atoms with Crippen molar-refractivity contribution >= 4 is 22.9 Å². The van der Waals surface area contributed by atoms with E-state index in [1.165, 1.54) is 0 Å². The van der Waals surface area contributed by atoms with Crippen LogP contribution in [0.1, 0.15) is 32.6 Å². The van der Waals surface area contributed by atoms with Gasteiger partial charge in [-0.1, -0.05) is 18.7 Å². The number of hydrogen-bond acceptors (Lipinski definition) is 4. The average Bonchev–Trinajstić information content (AvgIpc) is 2.79. The lowest BCUT2D eigenvalue weighted by Crippen LogP contribution is -2.57. The Kier molecular flexibility index (Phi) is 4.17. The van der Waals surface area contributed by atoms with Crippen LogP contribution in [0.3, 0.4) is 0 Å². The Bertz CT molecular complexity index is 340. The van der Waals surface area contributed by atoms with Crippen LogP contribution in [0, 0.1) is 5.92 Å². The summed E-state index contributed by atoms with van der Waals surface area (Å²) in [4.78, 5) is 23.1. The Balaban J connectivity index is 1.93. The molecule has 2 aliphatic rings. The molecule has 0 spiro atoms. The predicted octanol–water partition coefficient (Wildman–Crippen LogP) is 0.869. The highest BCUT2D eigenvalue weighted by molar-refractivity contribution is 8.14. The molecule has 0 aromatic heterocycles.